The molecule has 2 atom stereocenters. The van der Waals surface area contributed by atoms with Crippen LogP contribution < -0.4 is 19.7 Å². The average molecular weight is 442 g/mol. The lowest BCUT2D eigenvalue weighted by molar-refractivity contribution is -0.130. The summed E-state index contributed by atoms with van der Waals surface area (Å²) in [5.74, 6) is 1.06. The van der Waals surface area contributed by atoms with Crippen LogP contribution in [0.4, 0.5) is 5.69 Å². The van der Waals surface area contributed by atoms with E-state index in [2.05, 4.69) is 51.6 Å². The summed E-state index contributed by atoms with van der Waals surface area (Å²) in [6, 6.07) is 24.1. The minimum absolute atomic E-state index is 0.0156. The summed E-state index contributed by atoms with van der Waals surface area (Å²) in [4.78, 5) is 18.4. The Bertz CT molecular complexity index is 1260. The Kier molecular flexibility index (Phi) is 5.65. The zero-order valence-electron chi connectivity index (χ0n) is 18.7. The van der Waals surface area contributed by atoms with Gasteiger partial charge in [-0.15, -0.1) is 0 Å². The fourth-order valence-corrected chi connectivity index (χ4v) is 4.26. The second-order valence-corrected chi connectivity index (χ2v) is 8.44. The minimum Gasteiger partial charge on any atom is -0.485 e. The number of fused-ring (bicyclic) bond motifs is 2. The van der Waals surface area contributed by atoms with E-state index in [4.69, 9.17) is 9.47 Å². The highest BCUT2D eigenvalue weighted by atomic mass is 16.6. The van der Waals surface area contributed by atoms with Gasteiger partial charge in [-0.3, -0.25) is 4.79 Å². The van der Waals surface area contributed by atoms with Crippen LogP contribution in [0.1, 0.15) is 17.0 Å². The minimum atomic E-state index is -0.681. The molecule has 1 aliphatic heterocycles. The maximum atomic E-state index is 13.0. The first-order valence-corrected chi connectivity index (χ1v) is 11.1. The van der Waals surface area contributed by atoms with Crippen molar-refractivity contribution in [3.63, 3.8) is 0 Å². The van der Waals surface area contributed by atoms with Crippen LogP contribution in [0.25, 0.3) is 10.9 Å². The van der Waals surface area contributed by atoms with Gasteiger partial charge in [0.25, 0.3) is 5.91 Å². The Morgan fingerprint density at radius 1 is 1.03 bits per heavy atom. The van der Waals surface area contributed by atoms with Crippen LogP contribution in [0.5, 0.6) is 11.5 Å². The molecule has 2 N–H and O–H groups in total. The standard InChI is InChI=1S/C27H27N3O3/c1-30(2)19-13-11-18(12-14-19)21(22-16-28-23-8-4-3-7-20(22)23)15-29-27(31)26-17-32-24-9-5-6-10-25(24)33-26/h3-14,16,21,26,28H,15,17H2,1-2H3,(H,29,31). The number of hydrogen-bond acceptors (Lipinski definition) is 4. The molecule has 0 bridgehead atoms. The number of carbonyl (C=O) groups is 1. The Hall–Kier alpha value is -3.93. The maximum absolute atomic E-state index is 13.0. The molecule has 0 saturated heterocycles. The second kappa shape index (κ2) is 8.90. The number of ether oxygens (including phenoxy) is 2. The SMILES string of the molecule is CN(C)c1ccc(C(CNC(=O)C2COc3ccccc3O2)c2c[nH]c3ccccc23)cc1. The van der Waals surface area contributed by atoms with Gasteiger partial charge in [0.05, 0.1) is 0 Å². The van der Waals surface area contributed by atoms with E-state index in [0.29, 0.717) is 18.0 Å². The molecule has 1 amide bonds. The van der Waals surface area contributed by atoms with Gasteiger partial charge in [-0.05, 0) is 41.5 Å². The topological polar surface area (TPSA) is 66.6 Å². The van der Waals surface area contributed by atoms with Gasteiger partial charge in [0.2, 0.25) is 6.10 Å². The van der Waals surface area contributed by atoms with Crippen LogP contribution >= 0.6 is 0 Å². The van der Waals surface area contributed by atoms with E-state index in [9.17, 15) is 4.79 Å². The number of amides is 1. The number of para-hydroxylation sites is 3. The molecule has 0 radical (unpaired) electrons. The summed E-state index contributed by atoms with van der Waals surface area (Å²) in [6.45, 7) is 0.641. The fourth-order valence-electron chi connectivity index (χ4n) is 4.26. The highest BCUT2D eigenvalue weighted by Gasteiger charge is 2.28. The van der Waals surface area contributed by atoms with Gasteiger partial charge >= 0.3 is 0 Å². The number of carbonyl (C=O) groups excluding carboxylic acids is 1. The van der Waals surface area contributed by atoms with Crippen LogP contribution in [0, 0.1) is 0 Å². The lowest BCUT2D eigenvalue weighted by atomic mass is 9.90. The summed E-state index contributed by atoms with van der Waals surface area (Å²) < 4.78 is 11.6. The summed E-state index contributed by atoms with van der Waals surface area (Å²) >= 11 is 0. The van der Waals surface area contributed by atoms with E-state index >= 15 is 0 Å². The van der Waals surface area contributed by atoms with Gasteiger partial charge < -0.3 is 24.7 Å². The molecule has 3 aromatic carbocycles. The molecule has 4 aromatic rings. The predicted molar refractivity (Wildman–Crippen MR) is 130 cm³/mol. The largest absolute Gasteiger partial charge is 0.485 e. The lowest BCUT2D eigenvalue weighted by Gasteiger charge is -2.26. The van der Waals surface area contributed by atoms with Crippen LogP contribution in [-0.2, 0) is 4.79 Å². The van der Waals surface area contributed by atoms with E-state index in [1.165, 1.54) is 0 Å². The Labute approximate surface area is 193 Å². The Morgan fingerprint density at radius 2 is 1.76 bits per heavy atom. The van der Waals surface area contributed by atoms with Gasteiger partial charge in [-0.1, -0.05) is 42.5 Å². The summed E-state index contributed by atoms with van der Waals surface area (Å²) in [7, 11) is 4.05. The molecule has 6 nitrogen and oxygen atoms in total. The molecule has 0 saturated carbocycles. The van der Waals surface area contributed by atoms with Crippen molar-refractivity contribution in [2.24, 2.45) is 0 Å². The van der Waals surface area contributed by atoms with Crippen molar-refractivity contribution in [3.8, 4) is 11.5 Å². The van der Waals surface area contributed by atoms with Gasteiger partial charge in [-0.2, -0.15) is 0 Å². The molecule has 2 unspecified atom stereocenters. The normalized spacial score (nSPS) is 15.8. The molecule has 33 heavy (non-hydrogen) atoms. The summed E-state index contributed by atoms with van der Waals surface area (Å²) in [5.41, 5.74) is 4.49. The van der Waals surface area contributed by atoms with Crippen molar-refractivity contribution in [2.45, 2.75) is 12.0 Å². The van der Waals surface area contributed by atoms with Crippen LogP contribution in [0.15, 0.2) is 79.0 Å². The number of hydrogen-bond donors (Lipinski definition) is 2. The first-order chi connectivity index (χ1) is 16.1. The summed E-state index contributed by atoms with van der Waals surface area (Å²) in [6.07, 6.45) is 1.36. The number of nitrogens with zero attached hydrogens (tertiary/aromatic N) is 1. The predicted octanol–water partition coefficient (Wildman–Crippen LogP) is 4.32. The molecular formula is C27H27N3O3. The highest BCUT2D eigenvalue weighted by molar-refractivity contribution is 5.85. The maximum Gasteiger partial charge on any atom is 0.264 e. The van der Waals surface area contributed by atoms with E-state index in [1.54, 1.807) is 0 Å². The number of aromatic amines is 1. The number of H-pyrrole nitrogens is 1. The lowest BCUT2D eigenvalue weighted by Crippen LogP contribution is -2.45. The monoisotopic (exact) mass is 441 g/mol. The second-order valence-electron chi connectivity index (χ2n) is 8.44. The molecule has 5 rings (SSSR count). The zero-order valence-corrected chi connectivity index (χ0v) is 18.7. The Balaban J connectivity index is 1.38. The van der Waals surface area contributed by atoms with Crippen LogP contribution in [0.2, 0.25) is 0 Å². The fraction of sp³-hybridized carbons (Fsp3) is 0.222. The van der Waals surface area contributed by atoms with Crippen molar-refractivity contribution < 1.29 is 14.3 Å². The van der Waals surface area contributed by atoms with Crippen molar-refractivity contribution >= 4 is 22.5 Å². The van der Waals surface area contributed by atoms with Crippen LogP contribution in [0.3, 0.4) is 0 Å². The quantitative estimate of drug-likeness (QED) is 0.468. The third-order valence-electron chi connectivity index (χ3n) is 6.09. The van der Waals surface area contributed by atoms with Crippen molar-refractivity contribution in [2.75, 3.05) is 32.1 Å². The van der Waals surface area contributed by atoms with Crippen molar-refractivity contribution in [1.29, 1.82) is 0 Å². The van der Waals surface area contributed by atoms with E-state index in [0.717, 1.165) is 27.7 Å². The molecule has 2 heterocycles. The Morgan fingerprint density at radius 3 is 2.55 bits per heavy atom. The van der Waals surface area contributed by atoms with Crippen molar-refractivity contribution in [1.82, 2.24) is 10.3 Å². The third kappa shape index (κ3) is 4.24. The molecule has 168 valence electrons. The number of rotatable bonds is 6. The molecular weight excluding hydrogens is 414 g/mol. The molecule has 0 aliphatic carbocycles. The first kappa shape index (κ1) is 20.9. The summed E-state index contributed by atoms with van der Waals surface area (Å²) in [5, 5.41) is 4.26. The molecule has 1 aliphatic rings. The first-order valence-electron chi connectivity index (χ1n) is 11.1. The molecule has 6 heteroatoms. The highest BCUT2D eigenvalue weighted by Crippen LogP contribution is 2.33. The smallest absolute Gasteiger partial charge is 0.264 e. The zero-order chi connectivity index (χ0) is 22.8. The van der Waals surface area contributed by atoms with Gasteiger partial charge in [0.15, 0.2) is 11.5 Å². The molecule has 1 aromatic heterocycles. The average Bonchev–Trinajstić information content (AvgIpc) is 3.28. The third-order valence-corrected chi connectivity index (χ3v) is 6.09. The molecule has 0 spiro atoms. The van der Waals surface area contributed by atoms with Gasteiger partial charge in [0.1, 0.15) is 6.61 Å². The van der Waals surface area contributed by atoms with Crippen LogP contribution in [-0.4, -0.2) is 44.2 Å². The number of benzene rings is 3. The van der Waals surface area contributed by atoms with Gasteiger partial charge in [0, 0.05) is 49.3 Å². The van der Waals surface area contributed by atoms with Gasteiger partial charge in [-0.25, -0.2) is 0 Å². The van der Waals surface area contributed by atoms with E-state index < -0.39 is 6.10 Å². The van der Waals surface area contributed by atoms with E-state index in [-0.39, 0.29) is 18.4 Å². The van der Waals surface area contributed by atoms with Crippen molar-refractivity contribution in [3.05, 3.63) is 90.1 Å². The molecule has 0 fully saturated rings. The van der Waals surface area contributed by atoms with E-state index in [1.807, 2.05) is 56.7 Å². The number of aromatic nitrogens is 1. The number of anilines is 1. The number of nitrogens with one attached hydrogen (secondary N) is 2.